The average molecular weight is 470 g/mol. The smallest absolute Gasteiger partial charge is 0.306 e. The van der Waals surface area contributed by atoms with E-state index in [0.29, 0.717) is 5.56 Å². The van der Waals surface area contributed by atoms with Gasteiger partial charge < -0.3 is 30.9 Å². The Morgan fingerprint density at radius 2 is 1.85 bits per heavy atom. The maximum Gasteiger partial charge on any atom is 0.306 e. The molecule has 5 rings (SSSR count). The van der Waals surface area contributed by atoms with Crippen molar-refractivity contribution in [2.75, 3.05) is 14.1 Å². The summed E-state index contributed by atoms with van der Waals surface area (Å²) < 4.78 is 5.59. The molecule has 1 amide bonds. The number of fused-ring (bicyclic) bond motifs is 4. The van der Waals surface area contributed by atoms with Crippen molar-refractivity contribution in [3.8, 4) is 5.75 Å². The molecule has 0 spiro atoms. The summed E-state index contributed by atoms with van der Waals surface area (Å²) in [5.41, 5.74) is 1.33. The zero-order chi connectivity index (χ0) is 24.9. The number of hydrogen-bond acceptors (Lipinski definition) is 10. The lowest BCUT2D eigenvalue weighted by Crippen LogP contribution is -2.70. The third kappa shape index (κ3) is 2.48. The number of aromatic hydroxyl groups is 1. The number of amides is 1. The number of phenolic OH excluding ortho intramolecular Hbond substituents is 1. The average Bonchev–Trinajstić information content (AvgIpc) is 2.74. The lowest BCUT2D eigenvalue weighted by Gasteiger charge is -2.56. The number of phenols is 1. The molecule has 11 nitrogen and oxygen atoms in total. The molecule has 1 saturated heterocycles. The first kappa shape index (κ1) is 22.1. The van der Waals surface area contributed by atoms with Crippen LogP contribution in [0.25, 0.3) is 0 Å². The second-order valence-electron chi connectivity index (χ2n) is 9.28. The number of carbonyl (C=O) groups is 4. The topological polar surface area (TPSA) is 188 Å². The second kappa shape index (κ2) is 6.90. The quantitative estimate of drug-likeness (QED) is 0.281. The predicted octanol–water partition coefficient (Wildman–Crippen LogP) is -0.413. The summed E-state index contributed by atoms with van der Waals surface area (Å²) in [6, 6.07) is 3.10. The van der Waals surface area contributed by atoms with Crippen LogP contribution in [0, 0.1) is 11.8 Å². The number of likely N-dealkylation sites (N-methyl/N-ethyl adjacent to an activating group) is 1. The van der Waals surface area contributed by atoms with Crippen molar-refractivity contribution in [2.24, 2.45) is 17.6 Å². The van der Waals surface area contributed by atoms with E-state index >= 15 is 0 Å². The number of benzene rings is 1. The van der Waals surface area contributed by atoms with Crippen LogP contribution in [0.15, 0.2) is 40.9 Å². The normalized spacial score (nSPS) is 34.5. The van der Waals surface area contributed by atoms with Crippen LogP contribution in [-0.4, -0.2) is 80.6 Å². The standard InChI is InChI=1S/C23H22N2O9/c1-25(2)16-15-19-12-8(6-10(27)34-19)7-4-3-5-9(26)11(7)17(28)13(12)20(30)23(15,33)21(31)14(18(16)29)22(24)32/h3-5,8,12,15-16,19,26,29-30,33H,6H2,1-2H3,(H2,24,32)/t8-,12+,15+,16-,19-,23-/m0/s1. The number of esters is 1. The fraction of sp³-hybridized carbons (Fsp3) is 0.391. The van der Waals surface area contributed by atoms with Crippen molar-refractivity contribution in [3.05, 3.63) is 52.0 Å². The molecule has 1 aliphatic heterocycles. The Kier molecular flexibility index (Phi) is 4.49. The van der Waals surface area contributed by atoms with Gasteiger partial charge in [0.05, 0.1) is 23.9 Å². The van der Waals surface area contributed by atoms with E-state index < -0.39 is 76.0 Å². The fourth-order valence-corrected chi connectivity index (χ4v) is 6.14. The van der Waals surface area contributed by atoms with Crippen LogP contribution in [0.1, 0.15) is 28.3 Å². The number of ketones is 2. The first-order chi connectivity index (χ1) is 15.9. The molecule has 1 aromatic rings. The lowest BCUT2D eigenvalue weighted by atomic mass is 9.54. The summed E-state index contributed by atoms with van der Waals surface area (Å²) in [5.74, 6) is -9.54. The molecular formula is C23H22N2O9. The van der Waals surface area contributed by atoms with E-state index in [9.17, 15) is 39.6 Å². The number of rotatable bonds is 2. The summed E-state index contributed by atoms with van der Waals surface area (Å²) in [6.07, 6.45) is -1.50. The number of hydrogen-bond donors (Lipinski definition) is 5. The van der Waals surface area contributed by atoms with E-state index in [1.54, 1.807) is 6.07 Å². The maximum absolute atomic E-state index is 13.5. The number of nitrogens with zero attached hydrogens (tertiary/aromatic N) is 1. The van der Waals surface area contributed by atoms with Gasteiger partial charge in [0.1, 0.15) is 28.9 Å². The van der Waals surface area contributed by atoms with Gasteiger partial charge in [-0.1, -0.05) is 12.1 Å². The molecule has 6 N–H and O–H groups in total. The van der Waals surface area contributed by atoms with Gasteiger partial charge in [-0.3, -0.25) is 24.1 Å². The molecule has 34 heavy (non-hydrogen) atoms. The number of carbonyl (C=O) groups excluding carboxylic acids is 4. The molecule has 4 aliphatic rings. The van der Waals surface area contributed by atoms with Crippen LogP contribution in [0.3, 0.4) is 0 Å². The number of aliphatic hydroxyl groups excluding tert-OH is 2. The molecule has 0 unspecified atom stereocenters. The Morgan fingerprint density at radius 3 is 2.47 bits per heavy atom. The number of Topliss-reactive ketones (excluding diaryl/α,β-unsaturated/α-hetero) is 2. The van der Waals surface area contributed by atoms with E-state index in [-0.39, 0.29) is 23.3 Å². The number of nitrogens with two attached hydrogens (primary N) is 1. The Hall–Kier alpha value is -3.70. The minimum Gasteiger partial charge on any atom is -0.510 e. The van der Waals surface area contributed by atoms with Gasteiger partial charge in [0, 0.05) is 17.4 Å². The zero-order valence-electron chi connectivity index (χ0n) is 18.2. The van der Waals surface area contributed by atoms with E-state index in [1.807, 2.05) is 0 Å². The molecule has 178 valence electrons. The maximum atomic E-state index is 13.5. The fourth-order valence-electron chi connectivity index (χ4n) is 6.14. The lowest BCUT2D eigenvalue weighted by molar-refractivity contribution is -0.189. The van der Waals surface area contributed by atoms with Gasteiger partial charge in [0.25, 0.3) is 5.91 Å². The summed E-state index contributed by atoms with van der Waals surface area (Å²) in [5, 5.41) is 44.3. The minimum absolute atomic E-state index is 0.151. The minimum atomic E-state index is -2.90. The van der Waals surface area contributed by atoms with Crippen LogP contribution < -0.4 is 5.73 Å². The Morgan fingerprint density at radius 1 is 1.18 bits per heavy atom. The van der Waals surface area contributed by atoms with Crippen LogP contribution in [-0.2, 0) is 19.1 Å². The first-order valence-corrected chi connectivity index (χ1v) is 10.6. The van der Waals surface area contributed by atoms with Crippen molar-refractivity contribution >= 4 is 23.4 Å². The summed E-state index contributed by atoms with van der Waals surface area (Å²) in [7, 11) is 2.99. The SMILES string of the molecule is CN(C)[C@@H]1C(O)=C(C(N)=O)C(=O)[C@@]2(O)C(O)=C3C(=O)c4c(O)cccc4[C@@H]4CC(=O)O[C@@H]([C@@H]34)[C@@H]12. The van der Waals surface area contributed by atoms with Gasteiger partial charge in [-0.05, 0) is 25.7 Å². The number of ether oxygens (including phenoxy) is 1. The molecule has 1 heterocycles. The van der Waals surface area contributed by atoms with Crippen LogP contribution in [0.2, 0.25) is 0 Å². The van der Waals surface area contributed by atoms with Crippen molar-refractivity contribution in [2.45, 2.75) is 30.1 Å². The molecular weight excluding hydrogens is 448 g/mol. The molecule has 3 aliphatic carbocycles. The second-order valence-corrected chi connectivity index (χ2v) is 9.28. The van der Waals surface area contributed by atoms with Crippen LogP contribution in [0.4, 0.5) is 0 Å². The Labute approximate surface area is 192 Å². The summed E-state index contributed by atoms with van der Waals surface area (Å²) in [4.78, 5) is 53.0. The van der Waals surface area contributed by atoms with Crippen molar-refractivity contribution < 1.29 is 44.3 Å². The van der Waals surface area contributed by atoms with Gasteiger partial charge >= 0.3 is 5.97 Å². The van der Waals surface area contributed by atoms with Gasteiger partial charge in [-0.2, -0.15) is 0 Å². The van der Waals surface area contributed by atoms with Crippen LogP contribution in [0.5, 0.6) is 5.75 Å². The number of primary amides is 1. The van der Waals surface area contributed by atoms with Crippen molar-refractivity contribution in [3.63, 3.8) is 0 Å². The molecule has 0 aromatic heterocycles. The summed E-state index contributed by atoms with van der Waals surface area (Å²) in [6.45, 7) is 0. The van der Waals surface area contributed by atoms with E-state index in [1.165, 1.54) is 31.1 Å². The molecule has 0 saturated carbocycles. The molecule has 0 bridgehead atoms. The highest BCUT2D eigenvalue weighted by Gasteiger charge is 2.69. The Balaban J connectivity index is 1.87. The molecule has 0 radical (unpaired) electrons. The molecule has 1 fully saturated rings. The highest BCUT2D eigenvalue weighted by atomic mass is 16.5. The van der Waals surface area contributed by atoms with Gasteiger partial charge in [0.15, 0.2) is 11.4 Å². The summed E-state index contributed by atoms with van der Waals surface area (Å²) >= 11 is 0. The first-order valence-electron chi connectivity index (χ1n) is 10.6. The largest absolute Gasteiger partial charge is 0.510 e. The molecule has 11 heteroatoms. The van der Waals surface area contributed by atoms with Gasteiger partial charge in [-0.15, -0.1) is 0 Å². The highest BCUT2D eigenvalue weighted by molar-refractivity contribution is 6.25. The van der Waals surface area contributed by atoms with E-state index in [4.69, 9.17) is 10.5 Å². The Bertz CT molecular complexity index is 1260. The third-order valence-corrected chi connectivity index (χ3v) is 7.43. The van der Waals surface area contributed by atoms with Gasteiger partial charge in [0.2, 0.25) is 5.78 Å². The van der Waals surface area contributed by atoms with Crippen molar-refractivity contribution in [1.82, 2.24) is 4.90 Å². The molecule has 6 atom stereocenters. The van der Waals surface area contributed by atoms with Gasteiger partial charge in [-0.25, -0.2) is 0 Å². The highest BCUT2D eigenvalue weighted by Crippen LogP contribution is 2.58. The number of aliphatic hydroxyl groups is 3. The molecule has 1 aromatic carbocycles. The third-order valence-electron chi connectivity index (χ3n) is 7.43. The monoisotopic (exact) mass is 470 g/mol. The van der Waals surface area contributed by atoms with E-state index in [2.05, 4.69) is 0 Å². The predicted molar refractivity (Wildman–Crippen MR) is 113 cm³/mol. The zero-order valence-corrected chi connectivity index (χ0v) is 18.2. The van der Waals surface area contributed by atoms with E-state index in [0.717, 1.165) is 0 Å². The van der Waals surface area contributed by atoms with Crippen molar-refractivity contribution in [1.29, 1.82) is 0 Å². The van der Waals surface area contributed by atoms with Crippen LogP contribution >= 0.6 is 0 Å².